The van der Waals surface area contributed by atoms with Crippen molar-refractivity contribution in [3.63, 3.8) is 0 Å². The van der Waals surface area contributed by atoms with Crippen LogP contribution in [0.2, 0.25) is 0 Å². The van der Waals surface area contributed by atoms with Crippen molar-refractivity contribution in [2.24, 2.45) is 7.05 Å². The number of carbonyl (C=O) groups excluding carboxylic acids is 1. The summed E-state index contributed by atoms with van der Waals surface area (Å²) >= 11 is 0. The van der Waals surface area contributed by atoms with Crippen LogP contribution in [-0.2, 0) is 24.8 Å². The van der Waals surface area contributed by atoms with Crippen LogP contribution in [0.4, 0.5) is 0 Å². The van der Waals surface area contributed by atoms with Gasteiger partial charge in [0.2, 0.25) is 5.91 Å². The lowest BCUT2D eigenvalue weighted by molar-refractivity contribution is -0.120. The minimum absolute atomic E-state index is 0.119. The van der Waals surface area contributed by atoms with E-state index >= 15 is 0 Å². The van der Waals surface area contributed by atoms with Crippen molar-refractivity contribution in [1.29, 1.82) is 0 Å². The van der Waals surface area contributed by atoms with Gasteiger partial charge < -0.3 is 5.32 Å². The Morgan fingerprint density at radius 2 is 2.41 bits per heavy atom. The van der Waals surface area contributed by atoms with Crippen LogP contribution in [-0.4, -0.2) is 31.1 Å². The maximum atomic E-state index is 11.6. The van der Waals surface area contributed by atoms with Crippen LogP contribution in [0, 0.1) is 0 Å². The molecular weight excluding hydrogens is 220 g/mol. The normalized spacial score (nSPS) is 10.2. The molecule has 0 saturated heterocycles. The first-order valence-electron chi connectivity index (χ1n) is 5.12. The first-order valence-corrected chi connectivity index (χ1v) is 5.12. The molecule has 17 heavy (non-hydrogen) atoms. The van der Waals surface area contributed by atoms with Crippen molar-refractivity contribution in [1.82, 2.24) is 30.5 Å². The third kappa shape index (κ3) is 3.07. The second-order valence-electron chi connectivity index (χ2n) is 3.53. The molecule has 2 rings (SSSR count). The number of nitrogens with one attached hydrogen (secondary N) is 1. The summed E-state index contributed by atoms with van der Waals surface area (Å²) in [7, 11) is 1.70. The predicted molar refractivity (Wildman–Crippen MR) is 58.6 cm³/mol. The SMILES string of the molecule is Cn1nnnc1CC(=O)NCc1cccnc1. The van der Waals surface area contributed by atoms with Crippen molar-refractivity contribution in [3.05, 3.63) is 35.9 Å². The van der Waals surface area contributed by atoms with Gasteiger partial charge >= 0.3 is 0 Å². The van der Waals surface area contributed by atoms with Gasteiger partial charge in [-0.2, -0.15) is 0 Å². The molecule has 2 aromatic rings. The Labute approximate surface area is 97.9 Å². The highest BCUT2D eigenvalue weighted by Gasteiger charge is 2.08. The van der Waals surface area contributed by atoms with Gasteiger partial charge in [0.05, 0.1) is 6.42 Å². The third-order valence-corrected chi connectivity index (χ3v) is 2.24. The molecule has 0 radical (unpaired) electrons. The molecule has 0 fully saturated rings. The maximum absolute atomic E-state index is 11.6. The molecule has 1 N–H and O–H groups in total. The highest BCUT2D eigenvalue weighted by Crippen LogP contribution is 1.95. The summed E-state index contributed by atoms with van der Waals surface area (Å²) in [5.41, 5.74) is 0.956. The van der Waals surface area contributed by atoms with E-state index in [2.05, 4.69) is 25.8 Å². The molecule has 7 heteroatoms. The molecule has 0 unspecified atom stereocenters. The molecule has 1 amide bonds. The van der Waals surface area contributed by atoms with Crippen LogP contribution >= 0.6 is 0 Å². The van der Waals surface area contributed by atoms with Gasteiger partial charge in [-0.25, -0.2) is 4.68 Å². The lowest BCUT2D eigenvalue weighted by Gasteiger charge is -2.03. The lowest BCUT2D eigenvalue weighted by Crippen LogP contribution is -2.25. The number of pyridine rings is 1. The van der Waals surface area contributed by atoms with E-state index in [1.807, 2.05) is 12.1 Å². The van der Waals surface area contributed by atoms with E-state index in [0.717, 1.165) is 5.56 Å². The number of rotatable bonds is 4. The fraction of sp³-hybridized carbons (Fsp3) is 0.300. The second kappa shape index (κ2) is 5.15. The van der Waals surface area contributed by atoms with Gasteiger partial charge in [-0.05, 0) is 22.1 Å². The van der Waals surface area contributed by atoms with Crippen molar-refractivity contribution >= 4 is 5.91 Å². The summed E-state index contributed by atoms with van der Waals surface area (Å²) in [5.74, 6) is 0.417. The molecule has 88 valence electrons. The monoisotopic (exact) mass is 232 g/mol. The van der Waals surface area contributed by atoms with E-state index in [1.54, 1.807) is 19.4 Å². The van der Waals surface area contributed by atoms with Crippen LogP contribution in [0.25, 0.3) is 0 Å². The summed E-state index contributed by atoms with van der Waals surface area (Å²) in [6, 6.07) is 3.73. The molecule has 0 aromatic carbocycles. The molecular formula is C10H12N6O. The van der Waals surface area contributed by atoms with Gasteiger partial charge in [-0.1, -0.05) is 6.07 Å². The Bertz CT molecular complexity index is 495. The highest BCUT2D eigenvalue weighted by atomic mass is 16.1. The van der Waals surface area contributed by atoms with Gasteiger partial charge in [0, 0.05) is 26.0 Å². The maximum Gasteiger partial charge on any atom is 0.227 e. The Balaban J connectivity index is 1.85. The van der Waals surface area contributed by atoms with Gasteiger partial charge in [0.1, 0.15) is 0 Å². The van der Waals surface area contributed by atoms with E-state index in [0.29, 0.717) is 12.4 Å². The summed E-state index contributed by atoms with van der Waals surface area (Å²) in [6.45, 7) is 0.456. The van der Waals surface area contributed by atoms with Gasteiger partial charge in [-0.3, -0.25) is 9.78 Å². The van der Waals surface area contributed by atoms with Crippen LogP contribution in [0.15, 0.2) is 24.5 Å². The third-order valence-electron chi connectivity index (χ3n) is 2.24. The Morgan fingerprint density at radius 1 is 1.53 bits per heavy atom. The molecule has 2 heterocycles. The minimum Gasteiger partial charge on any atom is -0.352 e. The van der Waals surface area contributed by atoms with Crippen molar-refractivity contribution in [2.45, 2.75) is 13.0 Å². The van der Waals surface area contributed by atoms with E-state index < -0.39 is 0 Å². The van der Waals surface area contributed by atoms with E-state index in [4.69, 9.17) is 0 Å². The first kappa shape index (κ1) is 11.2. The number of tetrazole rings is 1. The molecule has 0 aliphatic rings. The van der Waals surface area contributed by atoms with E-state index in [9.17, 15) is 4.79 Å². The fourth-order valence-electron chi connectivity index (χ4n) is 1.31. The highest BCUT2D eigenvalue weighted by molar-refractivity contribution is 5.77. The van der Waals surface area contributed by atoms with Crippen molar-refractivity contribution in [3.8, 4) is 0 Å². The Kier molecular flexibility index (Phi) is 3.39. The first-order chi connectivity index (χ1) is 8.25. The number of hydrogen-bond donors (Lipinski definition) is 1. The zero-order valence-electron chi connectivity index (χ0n) is 9.37. The molecule has 0 bridgehead atoms. The summed E-state index contributed by atoms with van der Waals surface area (Å²) in [6.07, 6.45) is 3.57. The largest absolute Gasteiger partial charge is 0.352 e. The number of nitrogens with zero attached hydrogens (tertiary/aromatic N) is 5. The quantitative estimate of drug-likeness (QED) is 0.765. The topological polar surface area (TPSA) is 85.6 Å². The predicted octanol–water partition coefficient (Wildman–Crippen LogP) is -0.536. The summed E-state index contributed by atoms with van der Waals surface area (Å²) in [4.78, 5) is 15.6. The average molecular weight is 232 g/mol. The van der Waals surface area contributed by atoms with Gasteiger partial charge in [-0.15, -0.1) is 5.10 Å². The molecule has 0 aliphatic carbocycles. The molecule has 0 saturated carbocycles. The zero-order chi connectivity index (χ0) is 12.1. The fourth-order valence-corrected chi connectivity index (χ4v) is 1.31. The Morgan fingerprint density at radius 3 is 3.06 bits per heavy atom. The summed E-state index contributed by atoms with van der Waals surface area (Å²) < 4.78 is 1.48. The van der Waals surface area contributed by atoms with Crippen LogP contribution < -0.4 is 5.32 Å². The lowest BCUT2D eigenvalue weighted by atomic mass is 10.3. The average Bonchev–Trinajstić information content (AvgIpc) is 2.74. The van der Waals surface area contributed by atoms with Crippen molar-refractivity contribution in [2.75, 3.05) is 0 Å². The second-order valence-corrected chi connectivity index (χ2v) is 3.53. The number of aryl methyl sites for hydroxylation is 1. The number of aromatic nitrogens is 5. The van der Waals surface area contributed by atoms with Crippen molar-refractivity contribution < 1.29 is 4.79 Å². The molecule has 0 spiro atoms. The van der Waals surface area contributed by atoms with E-state index in [1.165, 1.54) is 4.68 Å². The molecule has 0 atom stereocenters. The number of carbonyl (C=O) groups is 1. The number of hydrogen-bond acceptors (Lipinski definition) is 5. The van der Waals surface area contributed by atoms with Crippen LogP contribution in [0.1, 0.15) is 11.4 Å². The van der Waals surface area contributed by atoms with Crippen LogP contribution in [0.3, 0.4) is 0 Å². The Hall–Kier alpha value is -2.31. The smallest absolute Gasteiger partial charge is 0.227 e. The summed E-state index contributed by atoms with van der Waals surface area (Å²) in [5, 5.41) is 13.6. The standard InChI is InChI=1S/C10H12N6O/c1-16-9(13-14-15-16)5-10(17)12-7-8-3-2-4-11-6-8/h2-4,6H,5,7H2,1H3,(H,12,17). The molecule has 2 aromatic heterocycles. The number of amides is 1. The zero-order valence-corrected chi connectivity index (χ0v) is 9.37. The molecule has 0 aliphatic heterocycles. The molecule has 7 nitrogen and oxygen atoms in total. The van der Waals surface area contributed by atoms with Gasteiger partial charge in [0.25, 0.3) is 0 Å². The minimum atomic E-state index is -0.119. The van der Waals surface area contributed by atoms with E-state index in [-0.39, 0.29) is 12.3 Å². The van der Waals surface area contributed by atoms with Gasteiger partial charge in [0.15, 0.2) is 5.82 Å². The van der Waals surface area contributed by atoms with Crippen LogP contribution in [0.5, 0.6) is 0 Å².